The summed E-state index contributed by atoms with van der Waals surface area (Å²) in [6, 6.07) is 6.07. The first-order valence-electron chi connectivity index (χ1n) is 15.5. The summed E-state index contributed by atoms with van der Waals surface area (Å²) < 4.78 is 50.7. The smallest absolute Gasteiger partial charge is 0.403 e. The molecule has 3 aliphatic rings. The SMILES string of the molecule is CC(Br)c1ccc(F)nc1.CC(c1ccc(F)nc1)n1cc(B2OC(C)(C)C(C)(C)O2)cn1.CC1(C)OB(C2C=NN=C2)OC1(C)C. The minimum absolute atomic E-state index is 0.0519. The Morgan fingerprint density at radius 2 is 1.19 bits per heavy atom. The number of halogens is 3. The van der Waals surface area contributed by atoms with Crippen LogP contribution in [0.25, 0.3) is 0 Å². The van der Waals surface area contributed by atoms with Gasteiger partial charge in [-0.2, -0.15) is 24.1 Å². The van der Waals surface area contributed by atoms with Crippen LogP contribution in [0.3, 0.4) is 0 Å². The van der Waals surface area contributed by atoms with Gasteiger partial charge in [-0.15, -0.1) is 0 Å². The zero-order chi connectivity index (χ0) is 34.8. The molecule has 47 heavy (non-hydrogen) atoms. The summed E-state index contributed by atoms with van der Waals surface area (Å²) in [5, 5.41) is 12.0. The van der Waals surface area contributed by atoms with Crippen LogP contribution in [0.2, 0.25) is 5.82 Å². The molecule has 2 fully saturated rings. The second-order valence-corrected chi connectivity index (χ2v) is 15.1. The highest BCUT2D eigenvalue weighted by molar-refractivity contribution is 9.09. The Morgan fingerprint density at radius 1 is 0.723 bits per heavy atom. The second-order valence-electron chi connectivity index (χ2n) is 13.7. The van der Waals surface area contributed by atoms with Crippen LogP contribution in [0.5, 0.6) is 0 Å². The van der Waals surface area contributed by atoms with E-state index in [1.54, 1.807) is 35.4 Å². The van der Waals surface area contributed by atoms with Crippen LogP contribution in [0.15, 0.2) is 59.3 Å². The molecule has 252 valence electrons. The van der Waals surface area contributed by atoms with Crippen LogP contribution < -0.4 is 5.46 Å². The molecule has 0 aromatic carbocycles. The van der Waals surface area contributed by atoms with E-state index in [0.717, 1.165) is 16.6 Å². The van der Waals surface area contributed by atoms with Crippen molar-refractivity contribution in [3.8, 4) is 0 Å². The summed E-state index contributed by atoms with van der Waals surface area (Å²) in [6.07, 6.45) is 10.2. The highest BCUT2D eigenvalue weighted by Gasteiger charge is 2.54. The zero-order valence-corrected chi connectivity index (χ0v) is 30.2. The average Bonchev–Trinajstić information content (AvgIpc) is 3.77. The summed E-state index contributed by atoms with van der Waals surface area (Å²) in [4.78, 5) is 7.43. The fraction of sp³-hybridized carbons (Fsp3) is 0.531. The fourth-order valence-electron chi connectivity index (χ4n) is 4.53. The molecule has 15 heteroatoms. The molecule has 10 nitrogen and oxygen atoms in total. The molecule has 3 aliphatic heterocycles. The van der Waals surface area contributed by atoms with Crippen molar-refractivity contribution in [3.05, 3.63) is 72.1 Å². The summed E-state index contributed by atoms with van der Waals surface area (Å²) >= 11 is 3.34. The van der Waals surface area contributed by atoms with Crippen LogP contribution in [0.4, 0.5) is 8.78 Å². The molecule has 0 spiro atoms. The monoisotopic (exact) mass is 714 g/mol. The van der Waals surface area contributed by atoms with Gasteiger partial charge in [0.15, 0.2) is 0 Å². The summed E-state index contributed by atoms with van der Waals surface area (Å²) in [7, 11) is -0.692. The van der Waals surface area contributed by atoms with E-state index >= 15 is 0 Å². The van der Waals surface area contributed by atoms with Crippen molar-refractivity contribution in [2.75, 3.05) is 0 Å². The van der Waals surface area contributed by atoms with E-state index in [1.165, 1.54) is 24.5 Å². The molecule has 2 atom stereocenters. The van der Waals surface area contributed by atoms with E-state index in [1.807, 2.05) is 75.4 Å². The third-order valence-electron chi connectivity index (χ3n) is 9.12. The molecule has 0 saturated carbocycles. The van der Waals surface area contributed by atoms with E-state index < -0.39 is 19.0 Å². The lowest BCUT2D eigenvalue weighted by Gasteiger charge is -2.32. The molecule has 3 aromatic heterocycles. The highest BCUT2D eigenvalue weighted by Crippen LogP contribution is 2.39. The Bertz CT molecular complexity index is 1510. The number of alkyl halides is 1. The van der Waals surface area contributed by atoms with Gasteiger partial charge >= 0.3 is 14.2 Å². The van der Waals surface area contributed by atoms with Crippen LogP contribution in [0.1, 0.15) is 91.2 Å². The molecule has 0 amide bonds. The highest BCUT2D eigenvalue weighted by atomic mass is 79.9. The first kappa shape index (κ1) is 37.0. The van der Waals surface area contributed by atoms with Gasteiger partial charge in [-0.25, -0.2) is 9.97 Å². The Hall–Kier alpha value is -2.84. The fourth-order valence-corrected chi connectivity index (χ4v) is 4.80. The number of aromatic nitrogens is 4. The quantitative estimate of drug-likeness (QED) is 0.168. The van der Waals surface area contributed by atoms with Gasteiger partial charge in [-0.1, -0.05) is 28.1 Å². The molecule has 3 aromatic rings. The van der Waals surface area contributed by atoms with Crippen molar-refractivity contribution < 1.29 is 27.4 Å². The average molecular weight is 715 g/mol. The third-order valence-corrected chi connectivity index (χ3v) is 9.64. The van der Waals surface area contributed by atoms with Crippen LogP contribution in [-0.2, 0) is 18.6 Å². The first-order chi connectivity index (χ1) is 21.8. The molecule has 0 bridgehead atoms. The number of nitrogens with zero attached hydrogens (tertiary/aromatic N) is 6. The molecule has 0 N–H and O–H groups in total. The maximum Gasteiger partial charge on any atom is 0.498 e. The maximum atomic E-state index is 12.9. The normalized spacial score (nSPS) is 21.6. The van der Waals surface area contributed by atoms with Crippen molar-refractivity contribution in [2.45, 2.75) is 108 Å². The van der Waals surface area contributed by atoms with Crippen molar-refractivity contribution in [3.63, 3.8) is 0 Å². The minimum Gasteiger partial charge on any atom is -0.403 e. The van der Waals surface area contributed by atoms with E-state index in [9.17, 15) is 8.78 Å². The van der Waals surface area contributed by atoms with Gasteiger partial charge in [-0.05, 0) is 92.5 Å². The molecule has 6 heterocycles. The summed E-state index contributed by atoms with van der Waals surface area (Å²) in [6.45, 7) is 20.2. The molecule has 0 aliphatic carbocycles. The van der Waals surface area contributed by atoms with Gasteiger partial charge in [-0.3, -0.25) is 4.68 Å². The predicted molar refractivity (Wildman–Crippen MR) is 184 cm³/mol. The molecule has 2 saturated heterocycles. The van der Waals surface area contributed by atoms with Crippen LogP contribution in [0, 0.1) is 11.9 Å². The second kappa shape index (κ2) is 14.3. The number of pyridine rings is 2. The zero-order valence-electron chi connectivity index (χ0n) is 28.6. The van der Waals surface area contributed by atoms with Gasteiger partial charge in [0.1, 0.15) is 0 Å². The lowest BCUT2D eigenvalue weighted by molar-refractivity contribution is 0.00578. The lowest BCUT2D eigenvalue weighted by Crippen LogP contribution is -2.41. The van der Waals surface area contributed by atoms with Gasteiger partial charge in [0.2, 0.25) is 11.9 Å². The lowest BCUT2D eigenvalue weighted by atomic mass is 9.74. The Labute approximate surface area is 285 Å². The van der Waals surface area contributed by atoms with Crippen molar-refractivity contribution in [1.82, 2.24) is 19.7 Å². The van der Waals surface area contributed by atoms with E-state index in [2.05, 4.69) is 41.2 Å². The van der Waals surface area contributed by atoms with Gasteiger partial charge < -0.3 is 18.6 Å². The Balaban J connectivity index is 0.000000177. The van der Waals surface area contributed by atoms with E-state index in [4.69, 9.17) is 18.6 Å². The van der Waals surface area contributed by atoms with E-state index in [0.29, 0.717) is 0 Å². The molecule has 0 radical (unpaired) electrons. The summed E-state index contributed by atoms with van der Waals surface area (Å²) in [5.41, 5.74) is 1.42. The topological polar surface area (TPSA) is 105 Å². The van der Waals surface area contributed by atoms with Crippen LogP contribution in [-0.4, -0.2) is 68.8 Å². The van der Waals surface area contributed by atoms with Crippen molar-refractivity contribution in [2.24, 2.45) is 10.2 Å². The maximum absolute atomic E-state index is 12.9. The minimum atomic E-state index is -0.487. The Kier molecular flexibility index (Phi) is 11.3. The van der Waals surface area contributed by atoms with Gasteiger partial charge in [0.25, 0.3) is 0 Å². The molecule has 6 rings (SSSR count). The molecular formula is C32H43B2BrF2N6O4. The van der Waals surface area contributed by atoms with E-state index in [-0.39, 0.29) is 46.2 Å². The molecular weight excluding hydrogens is 672 g/mol. The van der Waals surface area contributed by atoms with Crippen molar-refractivity contribution >= 4 is 48.1 Å². The largest absolute Gasteiger partial charge is 0.498 e. The van der Waals surface area contributed by atoms with Gasteiger partial charge in [0, 0.05) is 47.5 Å². The number of hydrogen-bond acceptors (Lipinski definition) is 9. The Morgan fingerprint density at radius 3 is 1.64 bits per heavy atom. The van der Waals surface area contributed by atoms with Gasteiger partial charge in [0.05, 0.1) is 34.3 Å². The predicted octanol–water partition coefficient (Wildman–Crippen LogP) is 6.52. The standard InChI is InChI=1S/C16H21BFN3O2.C9H15BN2O2.C7H7BrFN/c1-11(12-6-7-14(18)19-8-12)21-10-13(9-20-21)17-22-15(2,3)16(4,5)23-17;1-8(2)9(3,4)14-10(13-8)7-5-11-12-6-7;1-5(8)6-2-3-7(9)10-4-6/h6-11H,1-5H3;5-7H,1-4H3;2-5H,1H3. The first-order valence-corrected chi connectivity index (χ1v) is 16.4. The third kappa shape index (κ3) is 8.80. The number of rotatable bonds is 5. The van der Waals surface area contributed by atoms with Crippen LogP contribution >= 0.6 is 15.9 Å². The van der Waals surface area contributed by atoms with Crippen molar-refractivity contribution in [1.29, 1.82) is 0 Å². The summed E-state index contributed by atoms with van der Waals surface area (Å²) in [5.74, 6) is -0.868. The number of hydrogen-bond donors (Lipinski definition) is 0. The molecule has 2 unspecified atom stereocenters.